The first-order valence-corrected chi connectivity index (χ1v) is 6.79. The number of carbonyl (C=O) groups is 1. The summed E-state index contributed by atoms with van der Waals surface area (Å²) in [7, 11) is 0. The van der Waals surface area contributed by atoms with Gasteiger partial charge in [-0.2, -0.15) is 0 Å². The van der Waals surface area contributed by atoms with Gasteiger partial charge in [0.25, 0.3) is 0 Å². The van der Waals surface area contributed by atoms with Crippen LogP contribution in [0.15, 0.2) is 0 Å². The van der Waals surface area contributed by atoms with Crippen LogP contribution in [0.25, 0.3) is 0 Å². The third-order valence-electron chi connectivity index (χ3n) is 3.21. The molecule has 108 valence electrons. The molecule has 0 aromatic rings. The highest BCUT2D eigenvalue weighted by molar-refractivity contribution is 5.77. The molecule has 4 nitrogen and oxygen atoms in total. The van der Waals surface area contributed by atoms with Crippen molar-refractivity contribution in [2.45, 2.75) is 71.9 Å². The number of nitrogens with two attached hydrogens (primary N) is 1. The lowest BCUT2D eigenvalue weighted by Crippen LogP contribution is -2.47. The van der Waals surface area contributed by atoms with Gasteiger partial charge in [0.15, 0.2) is 0 Å². The molecule has 1 amide bonds. The van der Waals surface area contributed by atoms with Crippen LogP contribution in [0.4, 0.5) is 0 Å². The Balaban J connectivity index is 4.25. The Morgan fingerprint density at radius 1 is 1.33 bits per heavy atom. The third-order valence-corrected chi connectivity index (χ3v) is 3.21. The molecule has 0 saturated carbocycles. The molecule has 2 atom stereocenters. The van der Waals surface area contributed by atoms with E-state index in [0.717, 1.165) is 12.8 Å². The zero-order chi connectivity index (χ0) is 14.4. The molecule has 4 heteroatoms. The first kappa shape index (κ1) is 17.4. The molecule has 2 unspecified atom stereocenters. The first-order chi connectivity index (χ1) is 8.12. The molecule has 0 aliphatic rings. The van der Waals surface area contributed by atoms with Gasteiger partial charge in [0.05, 0.1) is 0 Å². The van der Waals surface area contributed by atoms with Gasteiger partial charge in [-0.15, -0.1) is 0 Å². The highest BCUT2D eigenvalue weighted by Gasteiger charge is 2.25. The van der Waals surface area contributed by atoms with Crippen LogP contribution in [0.3, 0.4) is 0 Å². The highest BCUT2D eigenvalue weighted by Crippen LogP contribution is 2.21. The van der Waals surface area contributed by atoms with Crippen LogP contribution in [0.1, 0.15) is 60.3 Å². The minimum atomic E-state index is -0.326. The van der Waals surface area contributed by atoms with E-state index in [-0.39, 0.29) is 29.5 Å². The minimum Gasteiger partial charge on any atom is -0.396 e. The molecule has 0 aromatic carbocycles. The van der Waals surface area contributed by atoms with Crippen LogP contribution >= 0.6 is 0 Å². The van der Waals surface area contributed by atoms with Crippen molar-refractivity contribution in [2.24, 2.45) is 11.1 Å². The summed E-state index contributed by atoms with van der Waals surface area (Å²) >= 11 is 0. The maximum atomic E-state index is 11.9. The molecule has 0 bridgehead atoms. The second kappa shape index (κ2) is 7.10. The summed E-state index contributed by atoms with van der Waals surface area (Å²) in [5.74, 6) is -0.0236. The smallest absolute Gasteiger partial charge is 0.221 e. The van der Waals surface area contributed by atoms with Gasteiger partial charge in [-0.3, -0.25) is 4.79 Å². The second-order valence-electron chi connectivity index (χ2n) is 6.66. The van der Waals surface area contributed by atoms with Crippen molar-refractivity contribution in [3.8, 4) is 0 Å². The van der Waals surface area contributed by atoms with Gasteiger partial charge < -0.3 is 16.2 Å². The molecule has 0 rings (SSSR count). The predicted molar refractivity (Wildman–Crippen MR) is 75.2 cm³/mol. The molecular weight excluding hydrogens is 228 g/mol. The van der Waals surface area contributed by atoms with Crippen LogP contribution in [-0.4, -0.2) is 29.2 Å². The standard InChI is InChI=1S/C14H30N2O2/c1-6-14(5,7-8-17)16-12(18)9-11(15)10-13(2,3)4/h11,17H,6-10,15H2,1-5H3,(H,16,18). The second-order valence-corrected chi connectivity index (χ2v) is 6.66. The minimum absolute atomic E-state index is 0.0236. The van der Waals surface area contributed by atoms with E-state index in [4.69, 9.17) is 10.8 Å². The van der Waals surface area contributed by atoms with E-state index in [0.29, 0.717) is 12.8 Å². The number of rotatable bonds is 7. The van der Waals surface area contributed by atoms with Gasteiger partial charge >= 0.3 is 0 Å². The van der Waals surface area contributed by atoms with Crippen molar-refractivity contribution in [1.82, 2.24) is 5.32 Å². The summed E-state index contributed by atoms with van der Waals surface area (Å²) < 4.78 is 0. The van der Waals surface area contributed by atoms with E-state index >= 15 is 0 Å². The van der Waals surface area contributed by atoms with Gasteiger partial charge in [0.1, 0.15) is 0 Å². The van der Waals surface area contributed by atoms with Crippen molar-refractivity contribution in [1.29, 1.82) is 0 Å². The largest absolute Gasteiger partial charge is 0.396 e. The monoisotopic (exact) mass is 258 g/mol. The molecule has 0 aliphatic carbocycles. The summed E-state index contributed by atoms with van der Waals surface area (Å²) in [6, 6.07) is -0.111. The number of hydrogen-bond acceptors (Lipinski definition) is 3. The Morgan fingerprint density at radius 2 is 1.89 bits per heavy atom. The van der Waals surface area contributed by atoms with E-state index in [2.05, 4.69) is 26.1 Å². The van der Waals surface area contributed by atoms with Crippen LogP contribution in [0.2, 0.25) is 0 Å². The topological polar surface area (TPSA) is 75.3 Å². The summed E-state index contributed by atoms with van der Waals surface area (Å²) in [4.78, 5) is 11.9. The Morgan fingerprint density at radius 3 is 2.28 bits per heavy atom. The third kappa shape index (κ3) is 7.67. The summed E-state index contributed by atoms with van der Waals surface area (Å²) in [5, 5.41) is 12.0. The molecule has 0 spiro atoms. The van der Waals surface area contributed by atoms with Gasteiger partial charge in [0.2, 0.25) is 5.91 Å². The van der Waals surface area contributed by atoms with E-state index in [9.17, 15) is 4.79 Å². The lowest BCUT2D eigenvalue weighted by Gasteiger charge is -2.30. The number of aliphatic hydroxyl groups excluding tert-OH is 1. The van der Waals surface area contributed by atoms with Crippen molar-refractivity contribution in [2.75, 3.05) is 6.61 Å². The van der Waals surface area contributed by atoms with Crippen molar-refractivity contribution < 1.29 is 9.90 Å². The Bertz CT molecular complexity index is 261. The zero-order valence-corrected chi connectivity index (χ0v) is 12.5. The maximum Gasteiger partial charge on any atom is 0.221 e. The molecule has 0 radical (unpaired) electrons. The maximum absolute atomic E-state index is 11.9. The SMILES string of the molecule is CCC(C)(CCO)NC(=O)CC(N)CC(C)(C)C. The molecule has 0 heterocycles. The summed E-state index contributed by atoms with van der Waals surface area (Å²) in [5.41, 5.74) is 5.80. The van der Waals surface area contributed by atoms with Gasteiger partial charge in [-0.05, 0) is 31.6 Å². The molecule has 0 saturated heterocycles. The van der Waals surface area contributed by atoms with Crippen LogP contribution in [0.5, 0.6) is 0 Å². The fraction of sp³-hybridized carbons (Fsp3) is 0.929. The van der Waals surface area contributed by atoms with E-state index in [1.807, 2.05) is 13.8 Å². The van der Waals surface area contributed by atoms with Gasteiger partial charge in [-0.25, -0.2) is 0 Å². The number of hydrogen-bond donors (Lipinski definition) is 3. The first-order valence-electron chi connectivity index (χ1n) is 6.79. The normalized spacial score (nSPS) is 17.1. The van der Waals surface area contributed by atoms with Crippen molar-refractivity contribution >= 4 is 5.91 Å². The predicted octanol–water partition coefficient (Wildman–Crippen LogP) is 1.81. The Hall–Kier alpha value is -0.610. The van der Waals surface area contributed by atoms with Crippen LogP contribution < -0.4 is 11.1 Å². The Kier molecular flexibility index (Phi) is 6.86. The van der Waals surface area contributed by atoms with Crippen molar-refractivity contribution in [3.05, 3.63) is 0 Å². The van der Waals surface area contributed by atoms with Crippen molar-refractivity contribution in [3.63, 3.8) is 0 Å². The van der Waals surface area contributed by atoms with E-state index in [1.165, 1.54) is 0 Å². The van der Waals surface area contributed by atoms with E-state index < -0.39 is 0 Å². The molecule has 0 fully saturated rings. The number of carbonyl (C=O) groups excluding carboxylic acids is 1. The fourth-order valence-electron chi connectivity index (χ4n) is 2.06. The van der Waals surface area contributed by atoms with Gasteiger partial charge in [0, 0.05) is 24.6 Å². The number of amides is 1. The molecule has 0 aromatic heterocycles. The van der Waals surface area contributed by atoms with Crippen LogP contribution in [0, 0.1) is 5.41 Å². The zero-order valence-electron chi connectivity index (χ0n) is 12.5. The lowest BCUT2D eigenvalue weighted by atomic mass is 9.87. The number of nitrogens with one attached hydrogen (secondary N) is 1. The summed E-state index contributed by atoms with van der Waals surface area (Å²) in [6.45, 7) is 10.4. The van der Waals surface area contributed by atoms with E-state index in [1.54, 1.807) is 0 Å². The van der Waals surface area contributed by atoms with Crippen LogP contribution in [-0.2, 0) is 4.79 Å². The summed E-state index contributed by atoms with van der Waals surface area (Å²) in [6.07, 6.45) is 2.54. The number of aliphatic hydroxyl groups is 1. The average molecular weight is 258 g/mol. The molecule has 4 N–H and O–H groups in total. The average Bonchev–Trinajstić information content (AvgIpc) is 2.14. The fourth-order valence-corrected chi connectivity index (χ4v) is 2.06. The molecule has 0 aliphatic heterocycles. The molecule has 18 heavy (non-hydrogen) atoms. The molecular formula is C14H30N2O2. The highest BCUT2D eigenvalue weighted by atomic mass is 16.3. The quantitative estimate of drug-likeness (QED) is 0.652. The van der Waals surface area contributed by atoms with Gasteiger partial charge in [-0.1, -0.05) is 27.7 Å². The lowest BCUT2D eigenvalue weighted by molar-refractivity contribution is -0.123. The Labute approximate surface area is 111 Å².